The van der Waals surface area contributed by atoms with Gasteiger partial charge in [0, 0.05) is 38.5 Å². The van der Waals surface area contributed by atoms with Crippen LogP contribution in [0.25, 0.3) is 10.2 Å². The van der Waals surface area contributed by atoms with E-state index in [2.05, 4.69) is 47.2 Å². The van der Waals surface area contributed by atoms with Gasteiger partial charge in [-0.05, 0) is 34.7 Å². The zero-order chi connectivity index (χ0) is 17.1. The van der Waals surface area contributed by atoms with Crippen LogP contribution in [0.3, 0.4) is 0 Å². The summed E-state index contributed by atoms with van der Waals surface area (Å²) in [5.41, 5.74) is 1.05. The molecular weight excluding hydrogens is 356 g/mol. The predicted octanol–water partition coefficient (Wildman–Crippen LogP) is 1.57. The number of rotatable bonds is 6. The van der Waals surface area contributed by atoms with E-state index in [0.29, 0.717) is 6.04 Å². The molecule has 0 bridgehead atoms. The molecule has 10 heteroatoms. The molecule has 0 spiro atoms. The van der Waals surface area contributed by atoms with Gasteiger partial charge in [0.25, 0.3) is 0 Å². The van der Waals surface area contributed by atoms with Gasteiger partial charge in [-0.15, -0.1) is 16.4 Å². The fourth-order valence-corrected chi connectivity index (χ4v) is 4.63. The van der Waals surface area contributed by atoms with Crippen molar-refractivity contribution in [1.29, 1.82) is 0 Å². The topological polar surface area (TPSA) is 84.7 Å². The number of nitrogens with one attached hydrogen (secondary N) is 1. The van der Waals surface area contributed by atoms with E-state index in [0.717, 1.165) is 54.7 Å². The summed E-state index contributed by atoms with van der Waals surface area (Å²) in [5, 5.41) is 18.1. The first-order chi connectivity index (χ1) is 12.3. The summed E-state index contributed by atoms with van der Waals surface area (Å²) >= 11 is 3.40. The highest BCUT2D eigenvalue weighted by Crippen LogP contribution is 2.29. The Morgan fingerprint density at radius 3 is 3.00 bits per heavy atom. The van der Waals surface area contributed by atoms with Gasteiger partial charge in [-0.25, -0.2) is 14.6 Å². The van der Waals surface area contributed by atoms with Crippen molar-refractivity contribution in [2.24, 2.45) is 7.05 Å². The van der Waals surface area contributed by atoms with Crippen LogP contribution >= 0.6 is 23.1 Å². The van der Waals surface area contributed by atoms with Crippen molar-refractivity contribution in [2.75, 3.05) is 30.3 Å². The van der Waals surface area contributed by atoms with Crippen LogP contribution in [0.5, 0.6) is 0 Å². The Kier molecular flexibility index (Phi) is 5.09. The number of thioether (sulfide) groups is 1. The molecule has 0 atom stereocenters. The SMILES string of the molecule is Cn1nnnc1SCCNC1CCN(c2ncnc3ccsc23)CC1. The predicted molar refractivity (Wildman–Crippen MR) is 100 cm³/mol. The van der Waals surface area contributed by atoms with Gasteiger partial charge in [0.1, 0.15) is 12.1 Å². The van der Waals surface area contributed by atoms with Crippen LogP contribution in [0.15, 0.2) is 22.9 Å². The van der Waals surface area contributed by atoms with E-state index in [1.807, 2.05) is 7.05 Å². The molecule has 0 amide bonds. The second kappa shape index (κ2) is 7.63. The lowest BCUT2D eigenvalue weighted by Gasteiger charge is -2.33. The molecule has 8 nitrogen and oxygen atoms in total. The fraction of sp³-hybridized carbons (Fsp3) is 0.533. The first-order valence-electron chi connectivity index (χ1n) is 8.33. The summed E-state index contributed by atoms with van der Waals surface area (Å²) in [7, 11) is 1.86. The Labute approximate surface area is 154 Å². The highest BCUT2D eigenvalue weighted by Gasteiger charge is 2.21. The zero-order valence-corrected chi connectivity index (χ0v) is 15.6. The highest BCUT2D eigenvalue weighted by molar-refractivity contribution is 7.99. The quantitative estimate of drug-likeness (QED) is 0.513. The molecule has 3 aromatic rings. The van der Waals surface area contributed by atoms with Crippen molar-refractivity contribution in [2.45, 2.75) is 24.0 Å². The van der Waals surface area contributed by atoms with Crippen LogP contribution in [-0.2, 0) is 7.05 Å². The third kappa shape index (κ3) is 3.75. The van der Waals surface area contributed by atoms with E-state index >= 15 is 0 Å². The van der Waals surface area contributed by atoms with Crippen LogP contribution in [0, 0.1) is 0 Å². The monoisotopic (exact) mass is 376 g/mol. The molecule has 132 valence electrons. The van der Waals surface area contributed by atoms with Gasteiger partial charge in [-0.1, -0.05) is 11.8 Å². The molecule has 0 unspecified atom stereocenters. The normalized spacial score (nSPS) is 16.0. The molecule has 3 aromatic heterocycles. The van der Waals surface area contributed by atoms with E-state index < -0.39 is 0 Å². The number of tetrazole rings is 1. The van der Waals surface area contributed by atoms with E-state index in [1.165, 1.54) is 4.70 Å². The Balaban J connectivity index is 1.24. The van der Waals surface area contributed by atoms with Gasteiger partial charge in [0.15, 0.2) is 0 Å². The smallest absolute Gasteiger partial charge is 0.209 e. The molecule has 1 aliphatic heterocycles. The summed E-state index contributed by atoms with van der Waals surface area (Å²) < 4.78 is 2.90. The largest absolute Gasteiger partial charge is 0.355 e. The number of thiophene rings is 1. The summed E-state index contributed by atoms with van der Waals surface area (Å²) in [5.74, 6) is 2.06. The lowest BCUT2D eigenvalue weighted by atomic mass is 10.1. The maximum Gasteiger partial charge on any atom is 0.209 e. The minimum atomic E-state index is 0.565. The third-order valence-corrected chi connectivity index (χ3v) is 6.28. The Bertz CT molecular complexity index is 824. The van der Waals surface area contributed by atoms with Crippen molar-refractivity contribution in [3.63, 3.8) is 0 Å². The minimum Gasteiger partial charge on any atom is -0.355 e. The van der Waals surface area contributed by atoms with Crippen LogP contribution < -0.4 is 10.2 Å². The van der Waals surface area contributed by atoms with Crippen molar-refractivity contribution in [3.05, 3.63) is 17.8 Å². The number of anilines is 1. The first kappa shape index (κ1) is 16.7. The van der Waals surface area contributed by atoms with Gasteiger partial charge >= 0.3 is 0 Å². The Hall–Kier alpha value is -1.78. The molecule has 1 aliphatic rings. The standard InChI is InChI=1S/C15H20N8S2/c1-22-15(19-20-21-22)25-9-5-16-11-2-6-23(7-3-11)14-13-12(4-8-24-13)17-10-18-14/h4,8,10-11,16H,2-3,5-7,9H2,1H3. The number of hydrogen-bond acceptors (Lipinski definition) is 9. The van der Waals surface area contributed by atoms with Crippen LogP contribution in [0.2, 0.25) is 0 Å². The number of aryl methyl sites for hydroxylation is 1. The van der Waals surface area contributed by atoms with Crippen molar-refractivity contribution < 1.29 is 0 Å². The molecule has 1 saturated heterocycles. The van der Waals surface area contributed by atoms with Crippen LogP contribution in [-0.4, -0.2) is 61.6 Å². The Morgan fingerprint density at radius 2 is 2.20 bits per heavy atom. The van der Waals surface area contributed by atoms with Crippen LogP contribution in [0.1, 0.15) is 12.8 Å². The fourth-order valence-electron chi connectivity index (χ4n) is 3.05. The van der Waals surface area contributed by atoms with Gasteiger partial charge in [0.05, 0.1) is 10.2 Å². The molecular formula is C15H20N8S2. The minimum absolute atomic E-state index is 0.565. The van der Waals surface area contributed by atoms with E-state index in [4.69, 9.17) is 0 Å². The number of piperidine rings is 1. The maximum absolute atomic E-state index is 4.52. The van der Waals surface area contributed by atoms with Gasteiger partial charge in [-0.3, -0.25) is 0 Å². The number of fused-ring (bicyclic) bond motifs is 1. The summed E-state index contributed by atoms with van der Waals surface area (Å²) in [4.78, 5) is 11.2. The molecule has 0 aliphatic carbocycles. The van der Waals surface area contributed by atoms with Crippen LogP contribution in [0.4, 0.5) is 5.82 Å². The first-order valence-corrected chi connectivity index (χ1v) is 10.2. The summed E-state index contributed by atoms with van der Waals surface area (Å²) in [6.07, 6.45) is 3.94. The van der Waals surface area contributed by atoms with E-state index in [1.54, 1.807) is 34.1 Å². The highest BCUT2D eigenvalue weighted by atomic mass is 32.2. The molecule has 1 fully saturated rings. The molecule has 0 radical (unpaired) electrons. The maximum atomic E-state index is 4.52. The lowest BCUT2D eigenvalue weighted by Crippen LogP contribution is -2.43. The lowest BCUT2D eigenvalue weighted by molar-refractivity contribution is 0.424. The number of hydrogen-bond donors (Lipinski definition) is 1. The summed E-state index contributed by atoms with van der Waals surface area (Å²) in [6, 6.07) is 2.62. The van der Waals surface area contributed by atoms with Gasteiger partial charge in [-0.2, -0.15) is 0 Å². The molecule has 0 aromatic carbocycles. The molecule has 4 heterocycles. The van der Waals surface area contributed by atoms with Crippen molar-refractivity contribution in [3.8, 4) is 0 Å². The van der Waals surface area contributed by atoms with Gasteiger partial charge in [0.2, 0.25) is 5.16 Å². The zero-order valence-electron chi connectivity index (χ0n) is 14.0. The number of nitrogens with zero attached hydrogens (tertiary/aromatic N) is 7. The van der Waals surface area contributed by atoms with Crippen molar-refractivity contribution >= 4 is 39.1 Å². The van der Waals surface area contributed by atoms with Gasteiger partial charge < -0.3 is 10.2 Å². The average Bonchev–Trinajstić information content (AvgIpc) is 3.28. The molecule has 4 rings (SSSR count). The van der Waals surface area contributed by atoms with E-state index in [9.17, 15) is 0 Å². The van der Waals surface area contributed by atoms with E-state index in [-0.39, 0.29) is 0 Å². The molecule has 0 saturated carbocycles. The second-order valence-electron chi connectivity index (χ2n) is 5.98. The number of aromatic nitrogens is 6. The second-order valence-corrected chi connectivity index (χ2v) is 7.96. The molecule has 25 heavy (non-hydrogen) atoms. The summed E-state index contributed by atoms with van der Waals surface area (Å²) in [6.45, 7) is 3.02. The third-order valence-electron chi connectivity index (χ3n) is 4.37. The van der Waals surface area contributed by atoms with Crippen molar-refractivity contribution in [1.82, 2.24) is 35.5 Å². The average molecular weight is 377 g/mol. The Morgan fingerprint density at radius 1 is 1.32 bits per heavy atom. The molecule has 1 N–H and O–H groups in total.